The number of rotatable bonds is 4. The highest BCUT2D eigenvalue weighted by Crippen LogP contribution is 2.22. The Bertz CT molecular complexity index is 829. The van der Waals surface area contributed by atoms with Gasteiger partial charge in [0.05, 0.1) is 0 Å². The summed E-state index contributed by atoms with van der Waals surface area (Å²) in [5.41, 5.74) is 4.47. The third-order valence-electron chi connectivity index (χ3n) is 5.04. The molecule has 0 aromatic carbocycles. The van der Waals surface area contributed by atoms with Gasteiger partial charge in [-0.05, 0) is 42.5 Å². The molecule has 0 spiro atoms. The second kappa shape index (κ2) is 7.21. The van der Waals surface area contributed by atoms with Gasteiger partial charge in [-0.25, -0.2) is 15.0 Å². The van der Waals surface area contributed by atoms with Crippen molar-refractivity contribution in [3.63, 3.8) is 0 Å². The molecule has 5 heteroatoms. The number of hydrogen-bond acceptors (Lipinski definition) is 4. The summed E-state index contributed by atoms with van der Waals surface area (Å²) in [5.74, 6) is 0.757. The number of hydrogen-bond donors (Lipinski definition) is 2. The van der Waals surface area contributed by atoms with E-state index in [-0.39, 0.29) is 0 Å². The van der Waals surface area contributed by atoms with Crippen molar-refractivity contribution in [3.8, 4) is 0 Å². The highest BCUT2D eigenvalue weighted by atomic mass is 15.1. The Kier molecular flexibility index (Phi) is 4.63. The molecule has 0 saturated heterocycles. The number of aromatic nitrogens is 4. The molecule has 0 radical (unpaired) electrons. The monoisotopic (exact) mass is 335 g/mol. The Hall–Kier alpha value is -2.43. The number of pyridine rings is 1. The van der Waals surface area contributed by atoms with E-state index in [1.807, 2.05) is 24.8 Å². The fourth-order valence-corrected chi connectivity index (χ4v) is 3.66. The Labute approximate surface area is 148 Å². The SMILES string of the molecule is Cc1cnc2[nH]cc(Cc3cnc(NC4CCCCCC4)nc3)c2c1. The lowest BCUT2D eigenvalue weighted by Gasteiger charge is -2.15. The maximum atomic E-state index is 4.53. The van der Waals surface area contributed by atoms with Crippen LogP contribution < -0.4 is 5.32 Å². The quantitative estimate of drug-likeness (QED) is 0.694. The van der Waals surface area contributed by atoms with Crippen LogP contribution in [0.4, 0.5) is 5.95 Å². The molecule has 4 rings (SSSR count). The van der Waals surface area contributed by atoms with Crippen molar-refractivity contribution in [2.75, 3.05) is 5.32 Å². The van der Waals surface area contributed by atoms with Gasteiger partial charge in [-0.1, -0.05) is 25.7 Å². The second-order valence-electron chi connectivity index (χ2n) is 7.15. The van der Waals surface area contributed by atoms with Crippen molar-refractivity contribution in [3.05, 3.63) is 47.5 Å². The van der Waals surface area contributed by atoms with Crippen LogP contribution >= 0.6 is 0 Å². The van der Waals surface area contributed by atoms with Crippen molar-refractivity contribution < 1.29 is 0 Å². The first kappa shape index (κ1) is 16.1. The molecule has 25 heavy (non-hydrogen) atoms. The first-order valence-electron chi connectivity index (χ1n) is 9.28. The Morgan fingerprint density at radius 1 is 1.04 bits per heavy atom. The number of nitrogens with one attached hydrogen (secondary N) is 2. The van der Waals surface area contributed by atoms with E-state index in [1.54, 1.807) is 0 Å². The van der Waals surface area contributed by atoms with Gasteiger partial charge in [0, 0.05) is 42.6 Å². The van der Waals surface area contributed by atoms with Crippen LogP contribution in [0.5, 0.6) is 0 Å². The van der Waals surface area contributed by atoms with Gasteiger partial charge in [-0.15, -0.1) is 0 Å². The van der Waals surface area contributed by atoms with Gasteiger partial charge in [0.15, 0.2) is 0 Å². The minimum Gasteiger partial charge on any atom is -0.351 e. The molecule has 0 amide bonds. The molecule has 1 aliphatic carbocycles. The third kappa shape index (κ3) is 3.81. The normalized spacial score (nSPS) is 16.0. The molecular formula is C20H25N5. The summed E-state index contributed by atoms with van der Waals surface area (Å²) in [6.45, 7) is 2.07. The molecule has 0 unspecified atom stereocenters. The Morgan fingerprint density at radius 3 is 2.56 bits per heavy atom. The van der Waals surface area contributed by atoms with Crippen LogP contribution in [0.15, 0.2) is 30.9 Å². The molecule has 3 aromatic rings. The zero-order valence-electron chi connectivity index (χ0n) is 14.8. The van der Waals surface area contributed by atoms with Crippen LogP contribution in [0.2, 0.25) is 0 Å². The summed E-state index contributed by atoms with van der Waals surface area (Å²) in [7, 11) is 0. The standard InChI is InChI=1S/C20H25N5/c1-14-8-18-16(13-22-19(18)21-10-14)9-15-11-23-20(24-12-15)25-17-6-4-2-3-5-7-17/h8,10-13,17H,2-7,9H2,1H3,(H,21,22)(H,23,24,25). The van der Waals surface area contributed by atoms with E-state index in [0.29, 0.717) is 6.04 Å². The van der Waals surface area contributed by atoms with Gasteiger partial charge < -0.3 is 10.3 Å². The largest absolute Gasteiger partial charge is 0.351 e. The van der Waals surface area contributed by atoms with Crippen LogP contribution in [0.25, 0.3) is 11.0 Å². The van der Waals surface area contributed by atoms with Gasteiger partial charge in [-0.2, -0.15) is 0 Å². The van der Waals surface area contributed by atoms with Gasteiger partial charge in [0.25, 0.3) is 0 Å². The summed E-state index contributed by atoms with van der Waals surface area (Å²) in [6.07, 6.45) is 16.4. The lowest BCUT2D eigenvalue weighted by atomic mass is 10.1. The van der Waals surface area contributed by atoms with Crippen LogP contribution in [0.3, 0.4) is 0 Å². The molecule has 0 atom stereocenters. The summed E-state index contributed by atoms with van der Waals surface area (Å²) in [5, 5.41) is 4.69. The molecule has 3 heterocycles. The molecule has 0 aliphatic heterocycles. The predicted octanol–water partition coefficient (Wildman–Crippen LogP) is 4.39. The Morgan fingerprint density at radius 2 is 1.80 bits per heavy atom. The van der Waals surface area contributed by atoms with Crippen LogP contribution in [-0.4, -0.2) is 26.0 Å². The van der Waals surface area contributed by atoms with E-state index < -0.39 is 0 Å². The van der Waals surface area contributed by atoms with E-state index in [0.717, 1.165) is 23.6 Å². The first-order chi connectivity index (χ1) is 12.3. The van der Waals surface area contributed by atoms with Gasteiger partial charge in [0.2, 0.25) is 5.95 Å². The molecule has 2 N–H and O–H groups in total. The minimum absolute atomic E-state index is 0.524. The van der Waals surface area contributed by atoms with E-state index in [2.05, 4.69) is 38.2 Å². The summed E-state index contributed by atoms with van der Waals surface area (Å²) in [4.78, 5) is 16.7. The third-order valence-corrected chi connectivity index (χ3v) is 5.04. The predicted molar refractivity (Wildman–Crippen MR) is 101 cm³/mol. The maximum absolute atomic E-state index is 4.53. The molecule has 1 aliphatic rings. The highest BCUT2D eigenvalue weighted by Gasteiger charge is 2.13. The molecule has 5 nitrogen and oxygen atoms in total. The number of anilines is 1. The van der Waals surface area contributed by atoms with Crippen molar-refractivity contribution >= 4 is 17.0 Å². The van der Waals surface area contributed by atoms with E-state index in [1.165, 1.54) is 55.0 Å². The van der Waals surface area contributed by atoms with Gasteiger partial charge in [-0.3, -0.25) is 0 Å². The van der Waals surface area contributed by atoms with Gasteiger partial charge >= 0.3 is 0 Å². The summed E-state index contributed by atoms with van der Waals surface area (Å²) < 4.78 is 0. The molecular weight excluding hydrogens is 310 g/mol. The molecule has 1 fully saturated rings. The number of aromatic amines is 1. The second-order valence-corrected chi connectivity index (χ2v) is 7.15. The number of nitrogens with zero attached hydrogens (tertiary/aromatic N) is 3. The average Bonchev–Trinajstić information content (AvgIpc) is 2.83. The number of aryl methyl sites for hydroxylation is 1. The Balaban J connectivity index is 1.45. The van der Waals surface area contributed by atoms with Gasteiger partial charge in [0.1, 0.15) is 5.65 Å². The zero-order chi connectivity index (χ0) is 17.1. The van der Waals surface area contributed by atoms with E-state index in [9.17, 15) is 0 Å². The highest BCUT2D eigenvalue weighted by molar-refractivity contribution is 5.80. The zero-order valence-corrected chi connectivity index (χ0v) is 14.8. The first-order valence-corrected chi connectivity index (χ1v) is 9.28. The fourth-order valence-electron chi connectivity index (χ4n) is 3.66. The van der Waals surface area contributed by atoms with Crippen molar-refractivity contribution in [1.29, 1.82) is 0 Å². The topological polar surface area (TPSA) is 66.5 Å². The minimum atomic E-state index is 0.524. The molecule has 0 bridgehead atoms. The lowest BCUT2D eigenvalue weighted by molar-refractivity contribution is 0.614. The van der Waals surface area contributed by atoms with Crippen LogP contribution in [0.1, 0.15) is 55.2 Å². The smallest absolute Gasteiger partial charge is 0.222 e. The average molecular weight is 335 g/mol. The van der Waals surface area contributed by atoms with Crippen molar-refractivity contribution in [2.24, 2.45) is 0 Å². The fraction of sp³-hybridized carbons (Fsp3) is 0.450. The van der Waals surface area contributed by atoms with Crippen LogP contribution in [0, 0.1) is 6.92 Å². The van der Waals surface area contributed by atoms with Crippen molar-refractivity contribution in [2.45, 2.75) is 57.9 Å². The maximum Gasteiger partial charge on any atom is 0.222 e. The molecule has 1 saturated carbocycles. The van der Waals surface area contributed by atoms with E-state index >= 15 is 0 Å². The summed E-state index contributed by atoms with van der Waals surface area (Å²) in [6, 6.07) is 2.70. The number of H-pyrrole nitrogens is 1. The summed E-state index contributed by atoms with van der Waals surface area (Å²) >= 11 is 0. The molecule has 3 aromatic heterocycles. The van der Waals surface area contributed by atoms with E-state index in [4.69, 9.17) is 0 Å². The molecule has 130 valence electrons. The van der Waals surface area contributed by atoms with Crippen molar-refractivity contribution in [1.82, 2.24) is 19.9 Å². The lowest BCUT2D eigenvalue weighted by Crippen LogP contribution is -2.19. The van der Waals surface area contributed by atoms with Crippen LogP contribution in [-0.2, 0) is 6.42 Å². The number of fused-ring (bicyclic) bond motifs is 1.